The Labute approximate surface area is 155 Å². The molecule has 3 heterocycles. The van der Waals surface area contributed by atoms with Crippen LogP contribution < -0.4 is 10.6 Å². The van der Waals surface area contributed by atoms with Crippen molar-refractivity contribution in [3.63, 3.8) is 0 Å². The van der Waals surface area contributed by atoms with Gasteiger partial charge in [0.1, 0.15) is 23.8 Å². The molecule has 1 aliphatic rings. The fraction of sp³-hybridized carbons (Fsp3) is 0.316. The molecule has 1 saturated heterocycles. The molecule has 4 rings (SSSR count). The number of rotatable bonds is 4. The number of benzene rings is 1. The van der Waals surface area contributed by atoms with Gasteiger partial charge in [-0.05, 0) is 62.7 Å². The van der Waals surface area contributed by atoms with Gasteiger partial charge < -0.3 is 10.6 Å². The Morgan fingerprint density at radius 1 is 1.07 bits per heavy atom. The summed E-state index contributed by atoms with van der Waals surface area (Å²) >= 11 is 0. The van der Waals surface area contributed by atoms with Gasteiger partial charge in [-0.1, -0.05) is 0 Å². The number of aryl methyl sites for hydroxylation is 1. The van der Waals surface area contributed by atoms with Crippen LogP contribution in [0.5, 0.6) is 0 Å². The third kappa shape index (κ3) is 4.11. The Balaban J connectivity index is 1.56. The van der Waals surface area contributed by atoms with Crippen LogP contribution in [-0.4, -0.2) is 32.8 Å². The summed E-state index contributed by atoms with van der Waals surface area (Å²) in [6.07, 6.45) is 3.53. The maximum Gasteiger partial charge on any atom is 0.248 e. The molecular weight excluding hydrogens is 350 g/mol. The molecule has 0 aliphatic carbocycles. The maximum atomic E-state index is 13.4. The number of nitrogens with one attached hydrogen (secondary N) is 2. The standard InChI is InChI=1S/C19H20F2N6/c1-12-6-17(13-2-4-22-5-3-13)24-18(7-12)25-19-23-11-27(26-19)16-9-14(20)8-15(21)10-16/h6-11,13,22H,2-5H2,1H3,(H,24,25,26). The van der Waals surface area contributed by atoms with Crippen LogP contribution in [0.2, 0.25) is 0 Å². The first-order valence-electron chi connectivity index (χ1n) is 8.91. The fourth-order valence-corrected chi connectivity index (χ4v) is 3.32. The van der Waals surface area contributed by atoms with Crippen molar-refractivity contribution < 1.29 is 8.78 Å². The third-order valence-electron chi connectivity index (χ3n) is 4.59. The molecule has 1 fully saturated rings. The molecule has 0 amide bonds. The highest BCUT2D eigenvalue weighted by Gasteiger charge is 2.17. The molecule has 2 aromatic heterocycles. The Morgan fingerprint density at radius 3 is 2.56 bits per heavy atom. The Hall–Kier alpha value is -2.87. The van der Waals surface area contributed by atoms with Gasteiger partial charge in [0.25, 0.3) is 0 Å². The summed E-state index contributed by atoms with van der Waals surface area (Å²) < 4.78 is 28.1. The van der Waals surface area contributed by atoms with E-state index >= 15 is 0 Å². The summed E-state index contributed by atoms with van der Waals surface area (Å²) in [6, 6.07) is 7.25. The molecule has 1 aliphatic heterocycles. The average Bonchev–Trinajstić information content (AvgIpc) is 3.10. The Kier molecular flexibility index (Phi) is 4.81. The fourth-order valence-electron chi connectivity index (χ4n) is 3.32. The normalized spacial score (nSPS) is 15.1. The zero-order valence-corrected chi connectivity index (χ0v) is 14.9. The minimum absolute atomic E-state index is 0.264. The topological polar surface area (TPSA) is 67.7 Å². The first kappa shape index (κ1) is 17.5. The Morgan fingerprint density at radius 2 is 1.81 bits per heavy atom. The first-order valence-corrected chi connectivity index (χ1v) is 8.91. The molecule has 6 nitrogen and oxygen atoms in total. The van der Waals surface area contributed by atoms with Gasteiger partial charge in [-0.15, -0.1) is 5.10 Å². The molecule has 0 spiro atoms. The van der Waals surface area contributed by atoms with Gasteiger partial charge >= 0.3 is 0 Å². The van der Waals surface area contributed by atoms with E-state index in [-0.39, 0.29) is 5.69 Å². The van der Waals surface area contributed by atoms with Gasteiger partial charge in [0.15, 0.2) is 0 Å². The van der Waals surface area contributed by atoms with Crippen molar-refractivity contribution in [3.8, 4) is 5.69 Å². The lowest BCUT2D eigenvalue weighted by Crippen LogP contribution is -2.27. The largest absolute Gasteiger partial charge is 0.317 e. The van der Waals surface area contributed by atoms with E-state index in [9.17, 15) is 8.78 Å². The Bertz CT molecular complexity index is 929. The molecule has 0 unspecified atom stereocenters. The molecule has 2 N–H and O–H groups in total. The monoisotopic (exact) mass is 370 g/mol. The summed E-state index contributed by atoms with van der Waals surface area (Å²) in [6.45, 7) is 4.03. The number of hydrogen-bond donors (Lipinski definition) is 2. The van der Waals surface area contributed by atoms with E-state index in [0.29, 0.717) is 17.7 Å². The van der Waals surface area contributed by atoms with Gasteiger partial charge in [0.05, 0.1) is 5.69 Å². The van der Waals surface area contributed by atoms with Crippen LogP contribution in [0.4, 0.5) is 20.5 Å². The van der Waals surface area contributed by atoms with Gasteiger partial charge in [-0.3, -0.25) is 0 Å². The number of hydrogen-bond acceptors (Lipinski definition) is 5. The summed E-state index contributed by atoms with van der Waals surface area (Å²) in [5.74, 6) is 0.0807. The van der Waals surface area contributed by atoms with Crippen LogP contribution in [0.1, 0.15) is 30.0 Å². The van der Waals surface area contributed by atoms with E-state index in [1.165, 1.54) is 23.1 Å². The molecule has 0 atom stereocenters. The second kappa shape index (κ2) is 7.40. The number of aromatic nitrogens is 4. The summed E-state index contributed by atoms with van der Waals surface area (Å²) in [5.41, 5.74) is 2.43. The van der Waals surface area contributed by atoms with Crippen molar-refractivity contribution in [1.29, 1.82) is 0 Å². The van der Waals surface area contributed by atoms with Gasteiger partial charge in [-0.25, -0.2) is 18.4 Å². The van der Waals surface area contributed by atoms with E-state index in [2.05, 4.69) is 26.8 Å². The van der Waals surface area contributed by atoms with Gasteiger partial charge in [-0.2, -0.15) is 4.98 Å². The van der Waals surface area contributed by atoms with Gasteiger partial charge in [0, 0.05) is 17.7 Å². The molecular formula is C19H20F2N6. The highest BCUT2D eigenvalue weighted by atomic mass is 19.1. The lowest BCUT2D eigenvalue weighted by atomic mass is 9.93. The molecule has 0 bridgehead atoms. The van der Waals surface area contributed by atoms with Crippen molar-refractivity contribution in [1.82, 2.24) is 25.1 Å². The number of pyridine rings is 1. The minimum atomic E-state index is -0.665. The molecule has 0 saturated carbocycles. The smallest absolute Gasteiger partial charge is 0.248 e. The third-order valence-corrected chi connectivity index (χ3v) is 4.59. The molecule has 140 valence electrons. The SMILES string of the molecule is Cc1cc(Nc2ncn(-c3cc(F)cc(F)c3)n2)nc(C2CCNCC2)c1. The van der Waals surface area contributed by atoms with Crippen LogP contribution in [0.15, 0.2) is 36.7 Å². The zero-order valence-electron chi connectivity index (χ0n) is 14.9. The van der Waals surface area contributed by atoms with Crippen LogP contribution in [0, 0.1) is 18.6 Å². The predicted octanol–water partition coefficient (Wildman–Crippen LogP) is 3.46. The average molecular weight is 370 g/mol. The molecule has 0 radical (unpaired) electrons. The quantitative estimate of drug-likeness (QED) is 0.736. The van der Waals surface area contributed by atoms with Crippen molar-refractivity contribution in [2.75, 3.05) is 18.4 Å². The van der Waals surface area contributed by atoms with Crippen LogP contribution >= 0.6 is 0 Å². The zero-order chi connectivity index (χ0) is 18.8. The van der Waals surface area contributed by atoms with Crippen molar-refractivity contribution >= 4 is 11.8 Å². The summed E-state index contributed by atoms with van der Waals surface area (Å²) in [4.78, 5) is 8.88. The lowest BCUT2D eigenvalue weighted by Gasteiger charge is -2.22. The van der Waals surface area contributed by atoms with E-state index < -0.39 is 11.6 Å². The van der Waals surface area contributed by atoms with Gasteiger partial charge in [0.2, 0.25) is 5.95 Å². The van der Waals surface area contributed by atoms with Crippen molar-refractivity contribution in [2.45, 2.75) is 25.7 Å². The second-order valence-electron chi connectivity index (χ2n) is 6.74. The maximum absolute atomic E-state index is 13.4. The second-order valence-corrected chi connectivity index (χ2v) is 6.74. The lowest BCUT2D eigenvalue weighted by molar-refractivity contribution is 0.453. The highest BCUT2D eigenvalue weighted by Crippen LogP contribution is 2.26. The first-order chi connectivity index (χ1) is 13.1. The van der Waals surface area contributed by atoms with Crippen molar-refractivity contribution in [3.05, 3.63) is 59.6 Å². The number of halogens is 2. The van der Waals surface area contributed by atoms with E-state index in [0.717, 1.165) is 43.3 Å². The molecule has 1 aromatic carbocycles. The highest BCUT2D eigenvalue weighted by molar-refractivity contribution is 5.49. The van der Waals surface area contributed by atoms with E-state index in [1.807, 2.05) is 13.0 Å². The predicted molar refractivity (Wildman–Crippen MR) is 98.4 cm³/mol. The van der Waals surface area contributed by atoms with Crippen molar-refractivity contribution in [2.24, 2.45) is 0 Å². The van der Waals surface area contributed by atoms with E-state index in [4.69, 9.17) is 4.98 Å². The van der Waals surface area contributed by atoms with E-state index in [1.54, 1.807) is 0 Å². The molecule has 3 aromatic rings. The molecule has 8 heteroatoms. The minimum Gasteiger partial charge on any atom is -0.317 e. The summed E-state index contributed by atoms with van der Waals surface area (Å²) in [7, 11) is 0. The molecule has 27 heavy (non-hydrogen) atoms. The number of nitrogens with zero attached hydrogens (tertiary/aromatic N) is 4. The number of piperidine rings is 1. The number of anilines is 2. The summed E-state index contributed by atoms with van der Waals surface area (Å²) in [5, 5.41) is 10.7. The van der Waals surface area contributed by atoms with Crippen LogP contribution in [0.25, 0.3) is 5.69 Å². The van der Waals surface area contributed by atoms with Crippen LogP contribution in [0.3, 0.4) is 0 Å². The van der Waals surface area contributed by atoms with Crippen LogP contribution in [-0.2, 0) is 0 Å².